The summed E-state index contributed by atoms with van der Waals surface area (Å²) >= 11 is 1.86. The monoisotopic (exact) mass is 251 g/mol. The fraction of sp³-hybridized carbons (Fsp3) is 0.545. The van der Waals surface area contributed by atoms with Gasteiger partial charge in [-0.15, -0.1) is 0 Å². The topological polar surface area (TPSA) is 55.1 Å². The fourth-order valence-corrected chi connectivity index (χ4v) is 2.24. The molecule has 0 saturated heterocycles. The second kappa shape index (κ2) is 5.35. The molecule has 0 aliphatic rings. The third-order valence-electron chi connectivity index (χ3n) is 2.53. The molecule has 0 aliphatic heterocycles. The summed E-state index contributed by atoms with van der Waals surface area (Å²) in [4.78, 5) is 8.42. The van der Waals surface area contributed by atoms with E-state index in [-0.39, 0.29) is 0 Å². The van der Waals surface area contributed by atoms with E-state index >= 15 is 0 Å². The van der Waals surface area contributed by atoms with Crippen molar-refractivity contribution >= 4 is 23.4 Å². The molecule has 1 atom stereocenters. The minimum Gasteiger partial charge on any atom is -0.367 e. The molecule has 92 valence electrons. The highest BCUT2D eigenvalue weighted by Gasteiger charge is 2.08. The van der Waals surface area contributed by atoms with Gasteiger partial charge in [0.25, 0.3) is 5.78 Å². The number of anilines is 1. The summed E-state index contributed by atoms with van der Waals surface area (Å²) < 4.78 is 1.74. The Morgan fingerprint density at radius 3 is 3.12 bits per heavy atom. The highest BCUT2D eigenvalue weighted by molar-refractivity contribution is 7.98. The van der Waals surface area contributed by atoms with Crippen LogP contribution in [0.5, 0.6) is 0 Å². The lowest BCUT2D eigenvalue weighted by Gasteiger charge is -2.15. The van der Waals surface area contributed by atoms with E-state index in [4.69, 9.17) is 0 Å². The highest BCUT2D eigenvalue weighted by Crippen LogP contribution is 2.13. The number of nitrogens with one attached hydrogen (secondary N) is 1. The van der Waals surface area contributed by atoms with Crippen LogP contribution in [0.25, 0.3) is 5.78 Å². The molecule has 0 aliphatic carbocycles. The van der Waals surface area contributed by atoms with Gasteiger partial charge in [0.05, 0.1) is 0 Å². The lowest BCUT2D eigenvalue weighted by atomic mass is 10.2. The second-order valence-electron chi connectivity index (χ2n) is 4.08. The first-order valence-electron chi connectivity index (χ1n) is 5.63. The van der Waals surface area contributed by atoms with Crippen LogP contribution in [0, 0.1) is 6.92 Å². The zero-order valence-electron chi connectivity index (χ0n) is 10.3. The van der Waals surface area contributed by atoms with Crippen LogP contribution in [-0.4, -0.2) is 37.6 Å². The number of rotatable bonds is 5. The quantitative estimate of drug-likeness (QED) is 0.880. The minimum absolute atomic E-state index is 0.414. The van der Waals surface area contributed by atoms with E-state index in [1.807, 2.05) is 24.8 Å². The van der Waals surface area contributed by atoms with Crippen molar-refractivity contribution in [3.05, 3.63) is 18.1 Å². The third-order valence-corrected chi connectivity index (χ3v) is 3.17. The molecule has 6 heteroatoms. The smallest absolute Gasteiger partial charge is 0.254 e. The Hall–Kier alpha value is -1.30. The van der Waals surface area contributed by atoms with Crippen LogP contribution in [0.1, 0.15) is 19.0 Å². The SMILES string of the molecule is CSCCC(C)Nc1cc(C)nc2ncnn12. The van der Waals surface area contributed by atoms with Crippen LogP contribution in [0.3, 0.4) is 0 Å². The molecular weight excluding hydrogens is 234 g/mol. The molecule has 1 N–H and O–H groups in total. The molecule has 17 heavy (non-hydrogen) atoms. The zero-order valence-corrected chi connectivity index (χ0v) is 11.2. The van der Waals surface area contributed by atoms with Gasteiger partial charge in [-0.3, -0.25) is 0 Å². The maximum atomic E-state index is 4.31. The lowest BCUT2D eigenvalue weighted by Crippen LogP contribution is -2.18. The summed E-state index contributed by atoms with van der Waals surface area (Å²) in [5.74, 6) is 2.75. The van der Waals surface area contributed by atoms with Crippen molar-refractivity contribution < 1.29 is 0 Å². The van der Waals surface area contributed by atoms with Gasteiger partial charge in [0, 0.05) is 17.8 Å². The van der Waals surface area contributed by atoms with Gasteiger partial charge in [-0.1, -0.05) is 0 Å². The molecule has 0 amide bonds. The molecule has 0 fully saturated rings. The highest BCUT2D eigenvalue weighted by atomic mass is 32.2. The summed E-state index contributed by atoms with van der Waals surface area (Å²) in [6.07, 6.45) is 4.77. The van der Waals surface area contributed by atoms with Crippen LogP contribution < -0.4 is 5.32 Å². The van der Waals surface area contributed by atoms with Gasteiger partial charge in [0.1, 0.15) is 12.1 Å². The van der Waals surface area contributed by atoms with E-state index in [9.17, 15) is 0 Å². The molecule has 0 saturated carbocycles. The summed E-state index contributed by atoms with van der Waals surface area (Å²) in [7, 11) is 0. The van der Waals surface area contributed by atoms with Crippen LogP contribution >= 0.6 is 11.8 Å². The van der Waals surface area contributed by atoms with E-state index < -0.39 is 0 Å². The number of hydrogen-bond acceptors (Lipinski definition) is 5. The maximum absolute atomic E-state index is 4.31. The summed E-state index contributed by atoms with van der Waals surface area (Å²) in [5.41, 5.74) is 0.949. The first-order chi connectivity index (χ1) is 8.20. The first-order valence-corrected chi connectivity index (χ1v) is 7.03. The molecule has 5 nitrogen and oxygen atoms in total. The number of aryl methyl sites for hydroxylation is 1. The maximum Gasteiger partial charge on any atom is 0.254 e. The predicted molar refractivity (Wildman–Crippen MR) is 71.6 cm³/mol. The van der Waals surface area contributed by atoms with Crippen molar-refractivity contribution in [3.63, 3.8) is 0 Å². The van der Waals surface area contributed by atoms with Crippen molar-refractivity contribution in [2.75, 3.05) is 17.3 Å². The fourth-order valence-electron chi connectivity index (χ4n) is 1.65. The van der Waals surface area contributed by atoms with Crippen molar-refractivity contribution in [2.24, 2.45) is 0 Å². The Labute approximate surface area is 105 Å². The van der Waals surface area contributed by atoms with Gasteiger partial charge in [0.15, 0.2) is 0 Å². The molecule has 0 spiro atoms. The number of nitrogens with zero attached hydrogens (tertiary/aromatic N) is 4. The van der Waals surface area contributed by atoms with Crippen molar-refractivity contribution in [1.29, 1.82) is 0 Å². The average Bonchev–Trinajstić information content (AvgIpc) is 2.74. The summed E-state index contributed by atoms with van der Waals surface area (Å²) in [5, 5.41) is 7.62. The van der Waals surface area contributed by atoms with E-state index in [0.29, 0.717) is 11.8 Å². The molecule has 2 aromatic rings. The van der Waals surface area contributed by atoms with Crippen LogP contribution in [-0.2, 0) is 0 Å². The number of aromatic nitrogens is 4. The molecule has 0 aromatic carbocycles. The Balaban J connectivity index is 2.19. The van der Waals surface area contributed by atoms with E-state index in [1.165, 1.54) is 6.33 Å². The molecule has 1 unspecified atom stereocenters. The van der Waals surface area contributed by atoms with Gasteiger partial charge in [-0.2, -0.15) is 26.4 Å². The van der Waals surface area contributed by atoms with Crippen molar-refractivity contribution in [3.8, 4) is 0 Å². The Morgan fingerprint density at radius 2 is 2.35 bits per heavy atom. The predicted octanol–water partition coefficient (Wildman–Crippen LogP) is 1.99. The molecule has 2 aromatic heterocycles. The molecule has 2 heterocycles. The Bertz CT molecular complexity index is 496. The van der Waals surface area contributed by atoms with Crippen molar-refractivity contribution in [1.82, 2.24) is 19.6 Å². The Morgan fingerprint density at radius 1 is 1.53 bits per heavy atom. The number of hydrogen-bond donors (Lipinski definition) is 1. The van der Waals surface area contributed by atoms with Gasteiger partial charge >= 0.3 is 0 Å². The molecule has 2 rings (SSSR count). The first kappa shape index (κ1) is 12.2. The van der Waals surface area contributed by atoms with E-state index in [0.717, 1.165) is 23.7 Å². The summed E-state index contributed by atoms with van der Waals surface area (Å²) in [6.45, 7) is 4.14. The normalized spacial score (nSPS) is 12.9. The second-order valence-corrected chi connectivity index (χ2v) is 5.07. The molecule has 0 radical (unpaired) electrons. The van der Waals surface area contributed by atoms with E-state index in [1.54, 1.807) is 4.52 Å². The van der Waals surface area contributed by atoms with Crippen LogP contribution in [0.4, 0.5) is 5.82 Å². The minimum atomic E-state index is 0.414. The third kappa shape index (κ3) is 2.88. The van der Waals surface area contributed by atoms with Gasteiger partial charge in [-0.05, 0) is 32.3 Å². The van der Waals surface area contributed by atoms with Gasteiger partial charge < -0.3 is 5.32 Å². The van der Waals surface area contributed by atoms with Crippen LogP contribution in [0.2, 0.25) is 0 Å². The summed E-state index contributed by atoms with van der Waals surface area (Å²) in [6, 6.07) is 2.41. The number of fused-ring (bicyclic) bond motifs is 1. The van der Waals surface area contributed by atoms with Crippen molar-refractivity contribution in [2.45, 2.75) is 26.3 Å². The molecular formula is C11H17N5S. The molecule has 0 bridgehead atoms. The van der Waals surface area contributed by atoms with Crippen LogP contribution in [0.15, 0.2) is 12.4 Å². The van der Waals surface area contributed by atoms with Gasteiger partial charge in [0.2, 0.25) is 0 Å². The zero-order chi connectivity index (χ0) is 12.3. The van der Waals surface area contributed by atoms with Gasteiger partial charge in [-0.25, -0.2) is 4.98 Å². The number of thioether (sulfide) groups is 1. The largest absolute Gasteiger partial charge is 0.367 e. The standard InChI is InChI=1S/C11H17N5S/c1-8(4-5-17-3)14-10-6-9(2)15-11-12-7-13-16(10)11/h6-8,14H,4-5H2,1-3H3. The lowest BCUT2D eigenvalue weighted by molar-refractivity contribution is 0.755. The van der Waals surface area contributed by atoms with E-state index in [2.05, 4.69) is 33.6 Å². The average molecular weight is 251 g/mol. The Kier molecular flexibility index (Phi) is 3.83.